The molecule has 0 unspecified atom stereocenters. The van der Waals surface area contributed by atoms with Gasteiger partial charge < -0.3 is 29.2 Å². The highest BCUT2D eigenvalue weighted by molar-refractivity contribution is 7.89. The largest absolute Gasteiger partial charge is 0.493 e. The van der Waals surface area contributed by atoms with E-state index < -0.39 is 15.9 Å². The minimum absolute atomic E-state index is 0.0377. The van der Waals surface area contributed by atoms with E-state index in [-0.39, 0.29) is 40.8 Å². The van der Waals surface area contributed by atoms with Crippen LogP contribution in [0.15, 0.2) is 35.2 Å². The molecule has 34 heavy (non-hydrogen) atoms. The van der Waals surface area contributed by atoms with Crippen molar-refractivity contribution in [1.29, 1.82) is 0 Å². The zero-order valence-electron chi connectivity index (χ0n) is 19.9. The predicted molar refractivity (Wildman–Crippen MR) is 126 cm³/mol. The quantitative estimate of drug-likeness (QED) is 0.482. The van der Waals surface area contributed by atoms with Crippen molar-refractivity contribution in [2.24, 2.45) is 0 Å². The second-order valence-electron chi connectivity index (χ2n) is 7.17. The molecule has 2 rings (SSSR count). The van der Waals surface area contributed by atoms with E-state index in [9.17, 15) is 18.0 Å². The summed E-state index contributed by atoms with van der Waals surface area (Å²) in [5.74, 6) is 0.435. The number of methoxy groups -OCH3 is 4. The van der Waals surface area contributed by atoms with Gasteiger partial charge in [-0.25, -0.2) is 13.1 Å². The van der Waals surface area contributed by atoms with Crippen molar-refractivity contribution in [3.63, 3.8) is 0 Å². The molecule has 186 valence electrons. The molecule has 0 heterocycles. The molecular formula is C22H29N3O8S. The fourth-order valence-corrected chi connectivity index (χ4v) is 4.03. The lowest BCUT2D eigenvalue weighted by Gasteiger charge is -2.18. The molecule has 11 nitrogen and oxygen atoms in total. The lowest BCUT2D eigenvalue weighted by Crippen LogP contribution is -2.28. The lowest BCUT2D eigenvalue weighted by molar-refractivity contribution is -0.116. The number of hydrogen-bond acceptors (Lipinski definition) is 8. The molecule has 12 heteroatoms. The minimum Gasteiger partial charge on any atom is -0.493 e. The van der Waals surface area contributed by atoms with Gasteiger partial charge in [-0.05, 0) is 18.2 Å². The number of rotatable bonds is 11. The third-order valence-electron chi connectivity index (χ3n) is 4.74. The highest BCUT2D eigenvalue weighted by Gasteiger charge is 2.21. The number of carbonyl (C=O) groups is 2. The highest BCUT2D eigenvalue weighted by Crippen LogP contribution is 2.34. The first kappa shape index (κ1) is 26.7. The van der Waals surface area contributed by atoms with Crippen LogP contribution in [-0.2, 0) is 14.8 Å². The predicted octanol–water partition coefficient (Wildman–Crippen LogP) is 1.73. The molecular weight excluding hydrogens is 466 g/mol. The minimum atomic E-state index is -3.90. The number of carbonyl (C=O) groups excluding carboxylic acids is 2. The van der Waals surface area contributed by atoms with Gasteiger partial charge in [-0.2, -0.15) is 0 Å². The fourth-order valence-electron chi connectivity index (χ4n) is 2.98. The average Bonchev–Trinajstić information content (AvgIpc) is 2.82. The van der Waals surface area contributed by atoms with E-state index in [0.29, 0.717) is 17.2 Å². The van der Waals surface area contributed by atoms with E-state index in [1.165, 1.54) is 63.7 Å². The Morgan fingerprint density at radius 2 is 1.41 bits per heavy atom. The highest BCUT2D eigenvalue weighted by atomic mass is 32.2. The standard InChI is InChI=1S/C22H29N3O8S/c1-25(2)22(27)15-12-19(32-5)20(33-6)13-16(15)24-21(26)9-10-23-34(28,29)14-7-8-17(30-3)18(11-14)31-4/h7-8,11-13,23H,9-10H2,1-6H3,(H,24,26). The molecule has 0 radical (unpaired) electrons. The van der Waals surface area contributed by atoms with Crippen LogP contribution in [-0.4, -0.2) is 74.2 Å². The van der Waals surface area contributed by atoms with Gasteiger partial charge in [0.15, 0.2) is 23.0 Å². The first-order valence-corrected chi connectivity index (χ1v) is 11.6. The molecule has 2 N–H and O–H groups in total. The van der Waals surface area contributed by atoms with Crippen LogP contribution in [0.1, 0.15) is 16.8 Å². The molecule has 0 bridgehead atoms. The van der Waals surface area contributed by atoms with Crippen molar-refractivity contribution in [2.75, 3.05) is 54.4 Å². The number of anilines is 1. The lowest BCUT2D eigenvalue weighted by atomic mass is 10.1. The summed E-state index contributed by atoms with van der Waals surface area (Å²) < 4.78 is 48.3. The van der Waals surface area contributed by atoms with E-state index in [1.54, 1.807) is 14.1 Å². The van der Waals surface area contributed by atoms with Crippen molar-refractivity contribution < 1.29 is 37.0 Å². The molecule has 0 atom stereocenters. The number of nitrogens with zero attached hydrogens (tertiary/aromatic N) is 1. The third-order valence-corrected chi connectivity index (χ3v) is 6.20. The monoisotopic (exact) mass is 495 g/mol. The van der Waals surface area contributed by atoms with Gasteiger partial charge in [0.05, 0.1) is 44.6 Å². The van der Waals surface area contributed by atoms with Gasteiger partial charge in [0, 0.05) is 39.2 Å². The fraction of sp³-hybridized carbons (Fsp3) is 0.364. The molecule has 0 saturated heterocycles. The van der Waals surface area contributed by atoms with Crippen LogP contribution in [0.4, 0.5) is 5.69 Å². The Hall–Kier alpha value is -3.51. The topological polar surface area (TPSA) is 132 Å². The maximum Gasteiger partial charge on any atom is 0.255 e. The summed E-state index contributed by atoms with van der Waals surface area (Å²) in [6.45, 7) is -0.174. The van der Waals surface area contributed by atoms with Gasteiger partial charge in [-0.15, -0.1) is 0 Å². The van der Waals surface area contributed by atoms with Gasteiger partial charge in [0.2, 0.25) is 15.9 Å². The summed E-state index contributed by atoms with van der Waals surface area (Å²) in [5.41, 5.74) is 0.408. The van der Waals surface area contributed by atoms with Crippen LogP contribution in [0.2, 0.25) is 0 Å². The Kier molecular flexibility index (Phi) is 9.10. The van der Waals surface area contributed by atoms with Crippen molar-refractivity contribution in [2.45, 2.75) is 11.3 Å². The Labute approximate surface area is 199 Å². The summed E-state index contributed by atoms with van der Waals surface area (Å²) in [7, 11) is 4.96. The first-order chi connectivity index (χ1) is 16.1. The molecule has 0 fully saturated rings. The Morgan fingerprint density at radius 3 is 1.97 bits per heavy atom. The van der Waals surface area contributed by atoms with Gasteiger partial charge in [0.25, 0.3) is 5.91 Å². The number of nitrogens with one attached hydrogen (secondary N) is 2. The van der Waals surface area contributed by atoms with E-state index >= 15 is 0 Å². The van der Waals surface area contributed by atoms with Gasteiger partial charge >= 0.3 is 0 Å². The summed E-state index contributed by atoms with van der Waals surface area (Å²) in [6.07, 6.45) is -0.184. The van der Waals surface area contributed by atoms with E-state index in [4.69, 9.17) is 18.9 Å². The molecule has 0 aromatic heterocycles. The SMILES string of the molecule is COc1ccc(S(=O)(=O)NCCC(=O)Nc2cc(OC)c(OC)cc2C(=O)N(C)C)cc1OC. The van der Waals surface area contributed by atoms with Gasteiger partial charge in [-0.3, -0.25) is 9.59 Å². The number of amides is 2. The van der Waals surface area contributed by atoms with Crippen molar-refractivity contribution >= 4 is 27.5 Å². The van der Waals surface area contributed by atoms with Crippen molar-refractivity contribution in [3.05, 3.63) is 35.9 Å². The Morgan fingerprint density at radius 1 is 0.853 bits per heavy atom. The molecule has 2 aromatic carbocycles. The van der Waals surface area contributed by atoms with Crippen molar-refractivity contribution in [1.82, 2.24) is 9.62 Å². The van der Waals surface area contributed by atoms with Gasteiger partial charge in [0.1, 0.15) is 0 Å². The first-order valence-electron chi connectivity index (χ1n) is 10.1. The molecule has 2 amide bonds. The van der Waals surface area contributed by atoms with Crippen LogP contribution in [0.5, 0.6) is 23.0 Å². The average molecular weight is 496 g/mol. The molecule has 0 spiro atoms. The smallest absolute Gasteiger partial charge is 0.255 e. The van der Waals surface area contributed by atoms with Crippen molar-refractivity contribution in [3.8, 4) is 23.0 Å². The van der Waals surface area contributed by atoms with Crippen LogP contribution >= 0.6 is 0 Å². The van der Waals surface area contributed by atoms with E-state index in [1.807, 2.05) is 0 Å². The summed E-state index contributed by atoms with van der Waals surface area (Å²) >= 11 is 0. The Bertz CT molecular complexity index is 1150. The van der Waals surface area contributed by atoms with Crippen LogP contribution < -0.4 is 29.0 Å². The molecule has 0 saturated carbocycles. The molecule has 0 aliphatic rings. The van der Waals surface area contributed by atoms with E-state index in [0.717, 1.165) is 0 Å². The number of ether oxygens (including phenoxy) is 4. The summed E-state index contributed by atoms with van der Waals surface area (Å²) in [4.78, 5) is 26.4. The zero-order chi connectivity index (χ0) is 25.5. The second kappa shape index (κ2) is 11.6. The normalized spacial score (nSPS) is 10.9. The molecule has 2 aromatic rings. The molecule has 0 aliphatic heterocycles. The summed E-state index contributed by atoms with van der Waals surface area (Å²) in [6, 6.07) is 7.11. The van der Waals surface area contributed by atoms with Crippen LogP contribution in [0.25, 0.3) is 0 Å². The second-order valence-corrected chi connectivity index (χ2v) is 8.93. The van der Waals surface area contributed by atoms with Gasteiger partial charge in [-0.1, -0.05) is 0 Å². The Balaban J connectivity index is 2.14. The van der Waals surface area contributed by atoms with Crippen LogP contribution in [0.3, 0.4) is 0 Å². The van der Waals surface area contributed by atoms with Crippen LogP contribution in [0, 0.1) is 0 Å². The number of sulfonamides is 1. The third kappa shape index (κ3) is 6.29. The van der Waals surface area contributed by atoms with E-state index in [2.05, 4.69) is 10.0 Å². The molecule has 0 aliphatic carbocycles. The zero-order valence-corrected chi connectivity index (χ0v) is 20.7. The summed E-state index contributed by atoms with van der Waals surface area (Å²) in [5, 5.41) is 2.64. The maximum atomic E-state index is 12.6. The number of benzene rings is 2. The number of hydrogen-bond donors (Lipinski definition) is 2. The maximum absolute atomic E-state index is 12.6.